The van der Waals surface area contributed by atoms with Crippen LogP contribution in [0.4, 0.5) is 4.39 Å². The fourth-order valence-electron chi connectivity index (χ4n) is 5.13. The van der Waals surface area contributed by atoms with Crippen molar-refractivity contribution in [1.29, 1.82) is 0 Å². The number of hydrogen-bond donors (Lipinski definition) is 0. The van der Waals surface area contributed by atoms with E-state index in [-0.39, 0.29) is 30.1 Å². The molecule has 1 fully saturated rings. The Morgan fingerprint density at radius 3 is 2.81 bits per heavy atom. The molecule has 3 heterocycles. The summed E-state index contributed by atoms with van der Waals surface area (Å²) in [7, 11) is 0. The van der Waals surface area contributed by atoms with Crippen molar-refractivity contribution in [2.24, 2.45) is 0 Å². The second-order valence-corrected chi connectivity index (χ2v) is 9.70. The second-order valence-electron chi connectivity index (χ2n) is 9.70. The van der Waals surface area contributed by atoms with Gasteiger partial charge in [0.15, 0.2) is 0 Å². The molecule has 2 amide bonds. The van der Waals surface area contributed by atoms with Gasteiger partial charge in [-0.05, 0) is 67.6 Å². The van der Waals surface area contributed by atoms with Gasteiger partial charge in [0.25, 0.3) is 5.91 Å². The molecule has 36 heavy (non-hydrogen) atoms. The molecular formula is C28H29FN4O3. The van der Waals surface area contributed by atoms with E-state index < -0.39 is 11.7 Å². The van der Waals surface area contributed by atoms with E-state index in [4.69, 9.17) is 4.74 Å². The van der Waals surface area contributed by atoms with Crippen LogP contribution in [0, 0.1) is 19.7 Å². The molecule has 3 aromatic rings. The van der Waals surface area contributed by atoms with Gasteiger partial charge in [-0.3, -0.25) is 9.59 Å². The summed E-state index contributed by atoms with van der Waals surface area (Å²) in [5, 5.41) is 8.22. The normalized spacial score (nSPS) is 19.6. The fourth-order valence-corrected chi connectivity index (χ4v) is 5.13. The largest absolute Gasteiger partial charge is 0.491 e. The van der Waals surface area contributed by atoms with E-state index in [0.717, 1.165) is 33.7 Å². The Balaban J connectivity index is 1.31. The van der Waals surface area contributed by atoms with Crippen molar-refractivity contribution in [3.63, 3.8) is 0 Å². The molecule has 2 atom stereocenters. The number of piperazine rings is 1. The second kappa shape index (κ2) is 9.68. The van der Waals surface area contributed by atoms with E-state index in [1.807, 2.05) is 49.9 Å². The molecular weight excluding hydrogens is 459 g/mol. The number of rotatable bonds is 4. The first kappa shape index (κ1) is 23.9. The van der Waals surface area contributed by atoms with Crippen LogP contribution in [0.1, 0.15) is 45.2 Å². The van der Waals surface area contributed by atoms with Crippen molar-refractivity contribution >= 4 is 11.8 Å². The van der Waals surface area contributed by atoms with Crippen LogP contribution in [-0.2, 0) is 17.6 Å². The van der Waals surface area contributed by atoms with Crippen molar-refractivity contribution in [2.75, 3.05) is 19.7 Å². The van der Waals surface area contributed by atoms with Crippen molar-refractivity contribution < 1.29 is 18.7 Å². The lowest BCUT2D eigenvalue weighted by atomic mass is 9.98. The van der Waals surface area contributed by atoms with Crippen LogP contribution in [0.3, 0.4) is 0 Å². The first-order chi connectivity index (χ1) is 17.3. The minimum Gasteiger partial charge on any atom is -0.491 e. The zero-order valence-electron chi connectivity index (χ0n) is 20.7. The highest BCUT2D eigenvalue weighted by atomic mass is 19.1. The van der Waals surface area contributed by atoms with Crippen LogP contribution in [-0.4, -0.2) is 63.6 Å². The average molecular weight is 489 g/mol. The smallest absolute Gasteiger partial charge is 0.257 e. The minimum atomic E-state index is -0.601. The van der Waals surface area contributed by atoms with Crippen LogP contribution in [0.15, 0.2) is 48.7 Å². The molecule has 186 valence electrons. The maximum Gasteiger partial charge on any atom is 0.257 e. The highest BCUT2D eigenvalue weighted by Crippen LogP contribution is 2.29. The van der Waals surface area contributed by atoms with E-state index in [9.17, 15) is 14.0 Å². The summed E-state index contributed by atoms with van der Waals surface area (Å²) in [4.78, 5) is 29.8. The Hall–Kier alpha value is -3.81. The van der Waals surface area contributed by atoms with E-state index in [2.05, 4.69) is 10.2 Å². The number of aryl methyl sites for hydroxylation is 1. The third-order valence-corrected chi connectivity index (χ3v) is 7.20. The molecule has 2 aromatic carbocycles. The Kier molecular flexibility index (Phi) is 6.43. The van der Waals surface area contributed by atoms with E-state index in [1.165, 1.54) is 11.0 Å². The molecule has 8 heteroatoms. The maximum atomic E-state index is 14.8. The van der Waals surface area contributed by atoms with Crippen molar-refractivity contribution in [1.82, 2.24) is 20.0 Å². The molecule has 0 saturated carbocycles. The van der Waals surface area contributed by atoms with Gasteiger partial charge in [0.1, 0.15) is 24.7 Å². The number of halogens is 1. The predicted octanol–water partition coefficient (Wildman–Crippen LogP) is 3.50. The topological polar surface area (TPSA) is 75.6 Å². The summed E-state index contributed by atoms with van der Waals surface area (Å²) in [5.41, 5.74) is 4.63. The van der Waals surface area contributed by atoms with Gasteiger partial charge < -0.3 is 14.5 Å². The quantitative estimate of drug-likeness (QED) is 0.562. The number of benzene rings is 2. The summed E-state index contributed by atoms with van der Waals surface area (Å²) in [6.07, 6.45) is 2.85. The summed E-state index contributed by atoms with van der Waals surface area (Å²) in [6.45, 7) is 6.51. The Morgan fingerprint density at radius 2 is 2.00 bits per heavy atom. The molecule has 2 unspecified atom stereocenters. The first-order valence-corrected chi connectivity index (χ1v) is 12.2. The average Bonchev–Trinajstić information content (AvgIpc) is 2.87. The molecule has 2 aliphatic heterocycles. The molecule has 2 aliphatic rings. The number of carbonyl (C=O) groups excluding carboxylic acids is 2. The summed E-state index contributed by atoms with van der Waals surface area (Å²) >= 11 is 0. The van der Waals surface area contributed by atoms with Gasteiger partial charge in [-0.1, -0.05) is 24.3 Å². The highest BCUT2D eigenvalue weighted by Gasteiger charge is 2.38. The van der Waals surface area contributed by atoms with Crippen molar-refractivity contribution in [2.45, 2.75) is 45.7 Å². The van der Waals surface area contributed by atoms with Crippen LogP contribution < -0.4 is 4.74 Å². The number of nitrogens with zero attached hydrogens (tertiary/aromatic N) is 4. The van der Waals surface area contributed by atoms with Crippen molar-refractivity contribution in [3.8, 4) is 5.75 Å². The van der Waals surface area contributed by atoms with Crippen LogP contribution in [0.5, 0.6) is 5.75 Å². The van der Waals surface area contributed by atoms with Gasteiger partial charge >= 0.3 is 0 Å². The summed E-state index contributed by atoms with van der Waals surface area (Å²) in [5.74, 6) is -0.385. The van der Waals surface area contributed by atoms with Gasteiger partial charge in [0, 0.05) is 19.0 Å². The van der Waals surface area contributed by atoms with E-state index in [1.54, 1.807) is 18.3 Å². The lowest BCUT2D eigenvalue weighted by molar-refractivity contribution is -0.142. The van der Waals surface area contributed by atoms with Gasteiger partial charge in [0.2, 0.25) is 5.91 Å². The van der Waals surface area contributed by atoms with Crippen LogP contribution in [0.25, 0.3) is 0 Å². The summed E-state index contributed by atoms with van der Waals surface area (Å²) in [6, 6.07) is 12.0. The third kappa shape index (κ3) is 4.55. The maximum absolute atomic E-state index is 14.8. The number of para-hydroxylation sites is 1. The summed E-state index contributed by atoms with van der Waals surface area (Å²) < 4.78 is 20.7. The molecule has 7 nitrogen and oxygen atoms in total. The zero-order chi connectivity index (χ0) is 25.4. The molecule has 0 N–H and O–H groups in total. The van der Waals surface area contributed by atoms with Crippen molar-refractivity contribution in [3.05, 3.63) is 88.0 Å². The Bertz CT molecular complexity index is 1330. The van der Waals surface area contributed by atoms with Gasteiger partial charge in [-0.15, -0.1) is 0 Å². The van der Waals surface area contributed by atoms with Gasteiger partial charge in [-0.25, -0.2) is 4.39 Å². The molecule has 0 aliphatic carbocycles. The number of carbonyl (C=O) groups is 2. The standard InChI is InChI=1S/C28H29FN4O3/c1-17-13-30-31-25(19(17)3)11-20-8-9-24(29)23(10-20)28(35)32-14-18(2)33(27(34)15-32)22-12-21-6-4-5-7-26(21)36-16-22/h4-10,13,18,22H,11-12,14-16H2,1-3H3. The number of hydrogen-bond acceptors (Lipinski definition) is 5. The zero-order valence-corrected chi connectivity index (χ0v) is 20.7. The molecule has 1 aromatic heterocycles. The number of amides is 2. The lowest BCUT2D eigenvalue weighted by Crippen LogP contribution is -2.61. The third-order valence-electron chi connectivity index (χ3n) is 7.20. The highest BCUT2D eigenvalue weighted by molar-refractivity contribution is 5.97. The number of aromatic nitrogens is 2. The first-order valence-electron chi connectivity index (χ1n) is 12.2. The Morgan fingerprint density at radius 1 is 1.19 bits per heavy atom. The van der Waals surface area contributed by atoms with Crippen LogP contribution >= 0.6 is 0 Å². The van der Waals surface area contributed by atoms with Gasteiger partial charge in [-0.2, -0.15) is 10.2 Å². The predicted molar refractivity (Wildman–Crippen MR) is 132 cm³/mol. The van der Waals surface area contributed by atoms with E-state index >= 15 is 0 Å². The molecule has 0 radical (unpaired) electrons. The fraction of sp³-hybridized carbons (Fsp3) is 0.357. The number of fused-ring (bicyclic) bond motifs is 1. The monoisotopic (exact) mass is 488 g/mol. The van der Waals surface area contributed by atoms with Gasteiger partial charge in [0.05, 0.1) is 23.5 Å². The molecule has 0 bridgehead atoms. The van der Waals surface area contributed by atoms with E-state index in [0.29, 0.717) is 26.0 Å². The molecule has 1 saturated heterocycles. The molecule has 0 spiro atoms. The Labute approximate surface area is 209 Å². The minimum absolute atomic E-state index is 0.0332. The number of ether oxygens (including phenoxy) is 1. The van der Waals surface area contributed by atoms with Crippen LogP contribution in [0.2, 0.25) is 0 Å². The SMILES string of the molecule is Cc1cnnc(Cc2ccc(F)c(C(=O)N3CC(=O)N(C4COc5ccccc5C4)C(C)C3)c2)c1C. The lowest BCUT2D eigenvalue weighted by Gasteiger charge is -2.44. The molecule has 5 rings (SSSR count).